The molecular weight excluding hydrogens is 378 g/mol. The van der Waals surface area contributed by atoms with Gasteiger partial charge in [-0.25, -0.2) is 4.68 Å². The molecule has 2 N–H and O–H groups in total. The maximum absolute atomic E-state index is 12.6. The fourth-order valence-electron chi connectivity index (χ4n) is 3.68. The van der Waals surface area contributed by atoms with Gasteiger partial charge in [0.25, 0.3) is 0 Å². The normalized spacial score (nSPS) is 15.7. The number of carbonyl (C=O) groups is 2. The maximum Gasteiger partial charge on any atom is 0.242 e. The molecule has 0 spiro atoms. The van der Waals surface area contributed by atoms with Gasteiger partial charge in [-0.1, -0.05) is 56.3 Å². The van der Waals surface area contributed by atoms with E-state index in [4.69, 9.17) is 0 Å². The molecule has 1 aromatic carbocycles. The zero-order chi connectivity index (χ0) is 21.5. The van der Waals surface area contributed by atoms with Crippen LogP contribution in [0.5, 0.6) is 0 Å². The zero-order valence-corrected chi connectivity index (χ0v) is 18.2. The highest BCUT2D eigenvalue weighted by atomic mass is 16.2. The molecule has 162 valence electrons. The van der Waals surface area contributed by atoms with Gasteiger partial charge < -0.3 is 10.6 Å². The fourth-order valence-corrected chi connectivity index (χ4v) is 3.68. The maximum atomic E-state index is 12.6. The third kappa shape index (κ3) is 6.49. The van der Waals surface area contributed by atoms with E-state index in [0.29, 0.717) is 12.3 Å². The third-order valence-electron chi connectivity index (χ3n) is 5.32. The molecule has 1 heterocycles. The average molecular weight is 412 g/mol. The Hall–Kier alpha value is -2.54. The summed E-state index contributed by atoms with van der Waals surface area (Å²) in [5.74, 6) is 0.446. The molecule has 1 amide bonds. The van der Waals surface area contributed by atoms with Crippen molar-refractivity contribution in [3.05, 3.63) is 47.8 Å². The molecular formula is C23H33N5O2. The first kappa shape index (κ1) is 22.2. The predicted octanol–water partition coefficient (Wildman–Crippen LogP) is 2.68. The second-order valence-electron chi connectivity index (χ2n) is 8.57. The summed E-state index contributed by atoms with van der Waals surface area (Å²) in [7, 11) is 0. The first-order chi connectivity index (χ1) is 14.5. The standard InChI is InChI=1S/C23H33N5O2/c1-4-24-19(13-17-8-6-5-7-9-17)21-14-28(27-26-21)15-22(29)25-20(12-16(2)3)23(30)18-10-11-18/h5-9,14,16,18-20,24H,4,10-13,15H2,1-3H3,(H,25,29)/t19-,20-/m0/s1. The molecule has 7 heteroatoms. The number of carbonyl (C=O) groups excluding carboxylic acids is 2. The summed E-state index contributed by atoms with van der Waals surface area (Å²) in [4.78, 5) is 25.1. The number of rotatable bonds is 12. The average Bonchev–Trinajstić information content (AvgIpc) is 3.46. The Bertz CT molecular complexity index is 829. The first-order valence-corrected chi connectivity index (χ1v) is 11.0. The van der Waals surface area contributed by atoms with Crippen LogP contribution in [0.4, 0.5) is 0 Å². The molecule has 0 aliphatic heterocycles. The molecule has 1 aliphatic carbocycles. The van der Waals surface area contributed by atoms with Gasteiger partial charge in [-0.3, -0.25) is 9.59 Å². The van der Waals surface area contributed by atoms with Gasteiger partial charge in [0, 0.05) is 5.92 Å². The van der Waals surface area contributed by atoms with Gasteiger partial charge >= 0.3 is 0 Å². The molecule has 7 nitrogen and oxygen atoms in total. The Morgan fingerprint density at radius 3 is 2.57 bits per heavy atom. The molecule has 0 saturated heterocycles. The minimum atomic E-state index is -0.402. The zero-order valence-electron chi connectivity index (χ0n) is 18.2. The first-order valence-electron chi connectivity index (χ1n) is 11.0. The summed E-state index contributed by atoms with van der Waals surface area (Å²) < 4.78 is 1.55. The van der Waals surface area contributed by atoms with Crippen LogP contribution in [0.25, 0.3) is 0 Å². The molecule has 0 bridgehead atoms. The van der Waals surface area contributed by atoms with E-state index in [1.807, 2.05) is 24.4 Å². The van der Waals surface area contributed by atoms with Crippen molar-refractivity contribution in [3.63, 3.8) is 0 Å². The molecule has 30 heavy (non-hydrogen) atoms. The number of ketones is 1. The highest BCUT2D eigenvalue weighted by Crippen LogP contribution is 2.32. The molecule has 0 radical (unpaired) electrons. The molecule has 1 fully saturated rings. The number of likely N-dealkylation sites (N-methyl/N-ethyl adjacent to an activating group) is 1. The summed E-state index contributed by atoms with van der Waals surface area (Å²) >= 11 is 0. The van der Waals surface area contributed by atoms with Crippen LogP contribution in [0, 0.1) is 11.8 Å². The number of nitrogens with one attached hydrogen (secondary N) is 2. The van der Waals surface area contributed by atoms with Crippen molar-refractivity contribution in [2.75, 3.05) is 6.54 Å². The lowest BCUT2D eigenvalue weighted by Crippen LogP contribution is -2.43. The van der Waals surface area contributed by atoms with E-state index < -0.39 is 6.04 Å². The number of hydrogen-bond acceptors (Lipinski definition) is 5. The lowest BCUT2D eigenvalue weighted by atomic mass is 9.98. The van der Waals surface area contributed by atoms with Gasteiger partial charge in [-0.15, -0.1) is 5.10 Å². The Labute approximate surface area is 178 Å². The quantitative estimate of drug-likeness (QED) is 0.561. The van der Waals surface area contributed by atoms with Gasteiger partial charge in [-0.05, 0) is 43.7 Å². The SMILES string of the molecule is CCN[C@@H](Cc1ccccc1)c1cn(CC(=O)N[C@@H](CC(C)C)C(=O)C2CC2)nn1. The smallest absolute Gasteiger partial charge is 0.242 e. The van der Waals surface area contributed by atoms with Crippen LogP contribution in [0.3, 0.4) is 0 Å². The highest BCUT2D eigenvalue weighted by molar-refractivity contribution is 5.91. The van der Waals surface area contributed by atoms with Gasteiger partial charge in [0.15, 0.2) is 5.78 Å². The molecule has 1 aliphatic rings. The topological polar surface area (TPSA) is 88.9 Å². The van der Waals surface area contributed by atoms with E-state index in [9.17, 15) is 9.59 Å². The Morgan fingerprint density at radius 1 is 1.20 bits per heavy atom. The largest absolute Gasteiger partial charge is 0.345 e. The Balaban J connectivity index is 1.61. The summed E-state index contributed by atoms with van der Waals surface area (Å²) in [6, 6.07) is 9.86. The number of benzene rings is 1. The van der Waals surface area contributed by atoms with Crippen LogP contribution in [0.2, 0.25) is 0 Å². The van der Waals surface area contributed by atoms with Crippen molar-refractivity contribution in [2.45, 2.75) is 65.1 Å². The van der Waals surface area contributed by atoms with Crippen molar-refractivity contribution >= 4 is 11.7 Å². The van der Waals surface area contributed by atoms with Crippen LogP contribution in [-0.2, 0) is 22.6 Å². The number of amides is 1. The van der Waals surface area contributed by atoms with E-state index in [-0.39, 0.29) is 30.2 Å². The lowest BCUT2D eigenvalue weighted by Gasteiger charge is -2.19. The van der Waals surface area contributed by atoms with Crippen LogP contribution < -0.4 is 10.6 Å². The summed E-state index contributed by atoms with van der Waals surface area (Å²) in [6.45, 7) is 7.06. The fraction of sp³-hybridized carbons (Fsp3) is 0.565. The molecule has 1 saturated carbocycles. The van der Waals surface area contributed by atoms with Gasteiger partial charge in [0.1, 0.15) is 6.54 Å². The van der Waals surface area contributed by atoms with Crippen molar-refractivity contribution in [1.29, 1.82) is 0 Å². The van der Waals surface area contributed by atoms with Gasteiger partial charge in [0.2, 0.25) is 5.91 Å². The summed E-state index contributed by atoms with van der Waals surface area (Å²) in [5.41, 5.74) is 2.02. The molecule has 3 rings (SSSR count). The van der Waals surface area contributed by atoms with Gasteiger partial charge in [0.05, 0.1) is 24.0 Å². The van der Waals surface area contributed by atoms with E-state index in [2.05, 4.69) is 53.8 Å². The molecule has 1 aromatic heterocycles. The Morgan fingerprint density at radius 2 is 1.93 bits per heavy atom. The number of hydrogen-bond donors (Lipinski definition) is 2. The number of Topliss-reactive ketones (excluding diaryl/α,β-unsaturated/α-hetero) is 1. The highest BCUT2D eigenvalue weighted by Gasteiger charge is 2.35. The Kier molecular flexibility index (Phi) is 7.74. The number of nitrogens with zero attached hydrogens (tertiary/aromatic N) is 3. The van der Waals surface area contributed by atoms with E-state index in [1.54, 1.807) is 4.68 Å². The summed E-state index contributed by atoms with van der Waals surface area (Å²) in [6.07, 6.45) is 5.18. The molecule has 2 aromatic rings. The van der Waals surface area contributed by atoms with Crippen molar-refractivity contribution in [2.24, 2.45) is 11.8 Å². The second-order valence-corrected chi connectivity index (χ2v) is 8.57. The van der Waals surface area contributed by atoms with Crippen LogP contribution >= 0.6 is 0 Å². The van der Waals surface area contributed by atoms with Gasteiger partial charge in [-0.2, -0.15) is 0 Å². The van der Waals surface area contributed by atoms with Crippen molar-refractivity contribution < 1.29 is 9.59 Å². The lowest BCUT2D eigenvalue weighted by molar-refractivity contribution is -0.129. The monoisotopic (exact) mass is 411 g/mol. The predicted molar refractivity (Wildman–Crippen MR) is 116 cm³/mol. The third-order valence-corrected chi connectivity index (χ3v) is 5.32. The second kappa shape index (κ2) is 10.5. The number of aromatic nitrogens is 3. The minimum Gasteiger partial charge on any atom is -0.345 e. The van der Waals surface area contributed by atoms with Crippen molar-refractivity contribution in [3.8, 4) is 0 Å². The van der Waals surface area contributed by atoms with Crippen LogP contribution in [-0.4, -0.2) is 39.3 Å². The van der Waals surface area contributed by atoms with Crippen LogP contribution in [0.1, 0.15) is 57.3 Å². The van der Waals surface area contributed by atoms with E-state index >= 15 is 0 Å². The summed E-state index contributed by atoms with van der Waals surface area (Å²) in [5, 5.41) is 14.8. The molecule has 0 unspecified atom stereocenters. The van der Waals surface area contributed by atoms with E-state index in [1.165, 1.54) is 5.56 Å². The molecule has 2 atom stereocenters. The van der Waals surface area contributed by atoms with E-state index in [0.717, 1.165) is 31.5 Å². The van der Waals surface area contributed by atoms with Crippen molar-refractivity contribution in [1.82, 2.24) is 25.6 Å². The van der Waals surface area contributed by atoms with Crippen LogP contribution in [0.15, 0.2) is 36.5 Å². The minimum absolute atomic E-state index is 0.0272.